The van der Waals surface area contributed by atoms with E-state index in [0.29, 0.717) is 18.7 Å². The molecule has 1 aliphatic rings. The number of aromatic nitrogens is 1. The highest BCUT2D eigenvalue weighted by Gasteiger charge is 2.30. The lowest BCUT2D eigenvalue weighted by Gasteiger charge is -2.38. The fourth-order valence-corrected chi connectivity index (χ4v) is 3.69. The van der Waals surface area contributed by atoms with Gasteiger partial charge in [0.1, 0.15) is 12.5 Å². The number of anilines is 1. The Kier molecular flexibility index (Phi) is 5.24. The summed E-state index contributed by atoms with van der Waals surface area (Å²) in [6, 6.07) is 6.85. The molecule has 0 amide bonds. The molecule has 2 aromatic rings. The number of hydrogen-bond donors (Lipinski definition) is 0. The van der Waals surface area contributed by atoms with Gasteiger partial charge in [0, 0.05) is 11.7 Å². The van der Waals surface area contributed by atoms with Crippen molar-refractivity contribution in [1.29, 1.82) is 0 Å². The van der Waals surface area contributed by atoms with E-state index in [4.69, 9.17) is 14.5 Å². The molecule has 1 aromatic carbocycles. The molecule has 0 saturated heterocycles. The van der Waals surface area contributed by atoms with Gasteiger partial charge in [-0.15, -0.1) is 0 Å². The van der Waals surface area contributed by atoms with Crippen molar-refractivity contribution in [2.45, 2.75) is 67.0 Å². The first-order valence-electron chi connectivity index (χ1n) is 9.47. The number of hydrogen-bond acceptors (Lipinski definition) is 4. The summed E-state index contributed by atoms with van der Waals surface area (Å²) >= 11 is 0. The first kappa shape index (κ1) is 18.7. The maximum atomic E-state index is 6.39. The standard InChI is InChI=1S/C22H30N2O2/c1-8-17(6)24-12-25-18(7)20-19(24)11-16(5)23-22(20)26-21-14(3)9-13(2)10-15(21)4/h9-11,17-18H,8,12H2,1-7H3. The third kappa shape index (κ3) is 3.43. The normalized spacial score (nSPS) is 17.8. The molecule has 0 spiro atoms. The summed E-state index contributed by atoms with van der Waals surface area (Å²) in [4.78, 5) is 7.04. The van der Waals surface area contributed by atoms with Gasteiger partial charge in [0.05, 0.1) is 17.4 Å². The van der Waals surface area contributed by atoms with Gasteiger partial charge in [0.15, 0.2) is 0 Å². The second-order valence-corrected chi connectivity index (χ2v) is 7.50. The van der Waals surface area contributed by atoms with Crippen LogP contribution in [0.2, 0.25) is 0 Å². The van der Waals surface area contributed by atoms with Crippen LogP contribution in [-0.4, -0.2) is 17.8 Å². The minimum atomic E-state index is -0.0422. The van der Waals surface area contributed by atoms with E-state index in [9.17, 15) is 0 Å². The molecule has 2 heterocycles. The Morgan fingerprint density at radius 1 is 1.19 bits per heavy atom. The van der Waals surface area contributed by atoms with Gasteiger partial charge in [-0.05, 0) is 65.2 Å². The van der Waals surface area contributed by atoms with Gasteiger partial charge in [0.2, 0.25) is 5.88 Å². The summed E-state index contributed by atoms with van der Waals surface area (Å²) in [5, 5.41) is 0. The summed E-state index contributed by atoms with van der Waals surface area (Å²) in [6.45, 7) is 15.4. The predicted molar refractivity (Wildman–Crippen MR) is 106 cm³/mol. The van der Waals surface area contributed by atoms with E-state index in [1.165, 1.54) is 11.3 Å². The maximum Gasteiger partial charge on any atom is 0.227 e. The number of rotatable bonds is 4. The average molecular weight is 354 g/mol. The average Bonchev–Trinajstić information content (AvgIpc) is 2.57. The fraction of sp³-hybridized carbons (Fsp3) is 0.500. The summed E-state index contributed by atoms with van der Waals surface area (Å²) in [7, 11) is 0. The summed E-state index contributed by atoms with van der Waals surface area (Å²) in [5.74, 6) is 1.55. The third-order valence-corrected chi connectivity index (χ3v) is 5.24. The highest BCUT2D eigenvalue weighted by molar-refractivity contribution is 5.61. The zero-order valence-electron chi connectivity index (χ0n) is 17.0. The molecule has 3 rings (SSSR count). The first-order valence-corrected chi connectivity index (χ1v) is 9.47. The Bertz CT molecular complexity index is 793. The predicted octanol–water partition coefficient (Wildman–Crippen LogP) is 5.76. The van der Waals surface area contributed by atoms with Crippen LogP contribution in [-0.2, 0) is 4.74 Å². The molecule has 0 bridgehead atoms. The fourth-order valence-electron chi connectivity index (χ4n) is 3.69. The summed E-state index contributed by atoms with van der Waals surface area (Å²) in [5.41, 5.74) is 6.68. The van der Waals surface area contributed by atoms with Crippen LogP contribution in [0.3, 0.4) is 0 Å². The van der Waals surface area contributed by atoms with Gasteiger partial charge in [0.25, 0.3) is 0 Å². The molecule has 0 saturated carbocycles. The zero-order chi connectivity index (χ0) is 19.0. The lowest BCUT2D eigenvalue weighted by atomic mass is 10.0. The van der Waals surface area contributed by atoms with Crippen LogP contribution < -0.4 is 9.64 Å². The quantitative estimate of drug-likeness (QED) is 0.699. The molecule has 4 heteroatoms. The first-order chi connectivity index (χ1) is 12.3. The molecule has 4 nitrogen and oxygen atoms in total. The van der Waals surface area contributed by atoms with Crippen molar-refractivity contribution in [2.24, 2.45) is 0 Å². The highest BCUT2D eigenvalue weighted by atomic mass is 16.5. The van der Waals surface area contributed by atoms with Crippen molar-refractivity contribution in [3.63, 3.8) is 0 Å². The lowest BCUT2D eigenvalue weighted by molar-refractivity contribution is 0.0497. The van der Waals surface area contributed by atoms with Crippen LogP contribution in [0, 0.1) is 27.7 Å². The van der Waals surface area contributed by atoms with E-state index in [1.54, 1.807) is 0 Å². The maximum absolute atomic E-state index is 6.39. The van der Waals surface area contributed by atoms with Crippen LogP contribution >= 0.6 is 0 Å². The lowest BCUT2D eigenvalue weighted by Crippen LogP contribution is -2.39. The number of benzene rings is 1. The Labute approximate surface area is 157 Å². The molecule has 0 fully saturated rings. The summed E-state index contributed by atoms with van der Waals surface area (Å²) in [6.07, 6.45) is 1.02. The van der Waals surface area contributed by atoms with Gasteiger partial charge in [-0.3, -0.25) is 0 Å². The van der Waals surface area contributed by atoms with Crippen molar-refractivity contribution in [2.75, 3.05) is 11.6 Å². The van der Waals surface area contributed by atoms with Crippen molar-refractivity contribution in [3.05, 3.63) is 46.1 Å². The van der Waals surface area contributed by atoms with E-state index < -0.39 is 0 Å². The van der Waals surface area contributed by atoms with Crippen LogP contribution in [0.25, 0.3) is 0 Å². The highest BCUT2D eigenvalue weighted by Crippen LogP contribution is 2.42. The van der Waals surface area contributed by atoms with Gasteiger partial charge < -0.3 is 14.4 Å². The number of pyridine rings is 1. The molecular formula is C22H30N2O2. The Morgan fingerprint density at radius 2 is 1.85 bits per heavy atom. The Hall–Kier alpha value is -2.07. The molecule has 0 radical (unpaired) electrons. The molecule has 0 aliphatic carbocycles. The Balaban J connectivity index is 2.11. The van der Waals surface area contributed by atoms with Gasteiger partial charge in [-0.1, -0.05) is 24.6 Å². The second kappa shape index (κ2) is 7.28. The topological polar surface area (TPSA) is 34.6 Å². The van der Waals surface area contributed by atoms with E-state index >= 15 is 0 Å². The zero-order valence-corrected chi connectivity index (χ0v) is 17.0. The van der Waals surface area contributed by atoms with Gasteiger partial charge >= 0.3 is 0 Å². The van der Waals surface area contributed by atoms with Crippen molar-refractivity contribution in [1.82, 2.24) is 4.98 Å². The van der Waals surface area contributed by atoms with Crippen LogP contribution in [0.15, 0.2) is 18.2 Å². The van der Waals surface area contributed by atoms with E-state index in [0.717, 1.165) is 34.6 Å². The molecule has 1 aromatic heterocycles. The minimum absolute atomic E-state index is 0.0422. The van der Waals surface area contributed by atoms with Crippen molar-refractivity contribution < 1.29 is 9.47 Å². The smallest absolute Gasteiger partial charge is 0.227 e. The SMILES string of the molecule is CCC(C)N1COC(C)c2c1cc(C)nc2Oc1c(C)cc(C)cc1C. The molecule has 140 valence electrons. The molecule has 2 atom stereocenters. The van der Waals surface area contributed by atoms with Crippen molar-refractivity contribution in [3.8, 4) is 11.6 Å². The van der Waals surface area contributed by atoms with E-state index in [-0.39, 0.29) is 6.10 Å². The van der Waals surface area contributed by atoms with E-state index in [2.05, 4.69) is 64.6 Å². The largest absolute Gasteiger partial charge is 0.438 e. The second-order valence-electron chi connectivity index (χ2n) is 7.50. The van der Waals surface area contributed by atoms with Crippen LogP contribution in [0.1, 0.15) is 61.2 Å². The van der Waals surface area contributed by atoms with Gasteiger partial charge in [-0.25, -0.2) is 4.98 Å². The number of ether oxygens (including phenoxy) is 2. The number of nitrogens with zero attached hydrogens (tertiary/aromatic N) is 2. The molecule has 0 N–H and O–H groups in total. The van der Waals surface area contributed by atoms with Crippen molar-refractivity contribution >= 4 is 5.69 Å². The van der Waals surface area contributed by atoms with Gasteiger partial charge in [-0.2, -0.15) is 0 Å². The minimum Gasteiger partial charge on any atom is -0.438 e. The summed E-state index contributed by atoms with van der Waals surface area (Å²) < 4.78 is 12.4. The monoisotopic (exact) mass is 354 g/mol. The van der Waals surface area contributed by atoms with Crippen LogP contribution in [0.4, 0.5) is 5.69 Å². The number of aryl methyl sites for hydroxylation is 4. The number of fused-ring (bicyclic) bond motifs is 1. The van der Waals surface area contributed by atoms with E-state index in [1.807, 2.05) is 6.92 Å². The molecule has 26 heavy (non-hydrogen) atoms. The molecule has 1 aliphatic heterocycles. The molecular weight excluding hydrogens is 324 g/mol. The third-order valence-electron chi connectivity index (χ3n) is 5.24. The van der Waals surface area contributed by atoms with Crippen LogP contribution in [0.5, 0.6) is 11.6 Å². The Morgan fingerprint density at radius 3 is 2.46 bits per heavy atom. The molecule has 2 unspecified atom stereocenters.